The third kappa shape index (κ3) is 5.03. The molecule has 0 unspecified atom stereocenters. The van der Waals surface area contributed by atoms with E-state index in [1.807, 2.05) is 18.5 Å². The second kappa shape index (κ2) is 8.06. The van der Waals surface area contributed by atoms with Crippen molar-refractivity contribution >= 4 is 5.91 Å². The van der Waals surface area contributed by atoms with Gasteiger partial charge in [0.2, 0.25) is 5.91 Å². The van der Waals surface area contributed by atoms with Crippen LogP contribution < -0.4 is 0 Å². The fourth-order valence-corrected chi connectivity index (χ4v) is 3.08. The Bertz CT molecular complexity index is 576. The van der Waals surface area contributed by atoms with Crippen LogP contribution in [0, 0.1) is 31.1 Å². The zero-order valence-corrected chi connectivity index (χ0v) is 14.3. The van der Waals surface area contributed by atoms with Crippen LogP contribution in [0.3, 0.4) is 0 Å². The molecule has 0 aliphatic carbocycles. The number of nitrogens with zero attached hydrogens (tertiary/aromatic N) is 6. The number of hydrogen-bond acceptors (Lipinski definition) is 5. The van der Waals surface area contributed by atoms with E-state index >= 15 is 0 Å². The lowest BCUT2D eigenvalue weighted by Gasteiger charge is -2.33. The van der Waals surface area contributed by atoms with Gasteiger partial charge in [0.15, 0.2) is 0 Å². The number of likely N-dealkylation sites (N-methyl/N-ethyl adjacent to an activating group) is 1. The third-order valence-electron chi connectivity index (χ3n) is 4.34. The molecule has 1 saturated heterocycles. The minimum absolute atomic E-state index is 0.0914. The van der Waals surface area contributed by atoms with E-state index in [2.05, 4.69) is 21.1 Å². The molecule has 126 valence electrons. The van der Waals surface area contributed by atoms with Crippen molar-refractivity contribution in [1.82, 2.24) is 24.6 Å². The molecule has 0 radical (unpaired) electrons. The summed E-state index contributed by atoms with van der Waals surface area (Å²) in [5.74, 6) is 2.35. The summed E-state index contributed by atoms with van der Waals surface area (Å²) in [4.78, 5) is 20.4. The molecule has 0 saturated carbocycles. The van der Waals surface area contributed by atoms with Gasteiger partial charge in [-0.05, 0) is 39.2 Å². The molecule has 1 atom stereocenters. The Balaban J connectivity index is 1.84. The van der Waals surface area contributed by atoms with E-state index in [1.165, 1.54) is 0 Å². The summed E-state index contributed by atoms with van der Waals surface area (Å²) in [5, 5.41) is 13.0. The van der Waals surface area contributed by atoms with Gasteiger partial charge in [-0.15, -0.1) is 0 Å². The number of hydrogen-bond donors (Lipinski definition) is 0. The number of aryl methyl sites for hydroxylation is 2. The molecule has 0 bridgehead atoms. The second-order valence-corrected chi connectivity index (χ2v) is 6.36. The van der Waals surface area contributed by atoms with Crippen molar-refractivity contribution < 1.29 is 4.79 Å². The second-order valence-electron chi connectivity index (χ2n) is 6.36. The maximum atomic E-state index is 12.2. The molecule has 0 aromatic carbocycles. The molecular weight excluding hydrogens is 292 g/mol. The summed E-state index contributed by atoms with van der Waals surface area (Å²) in [6.07, 6.45) is 2.65. The van der Waals surface area contributed by atoms with Crippen LogP contribution in [0.25, 0.3) is 0 Å². The molecule has 7 nitrogen and oxygen atoms in total. The molecule has 0 N–H and O–H groups in total. The number of carbonyl (C=O) groups is 1. The Labute approximate surface area is 137 Å². The van der Waals surface area contributed by atoms with E-state index in [0.717, 1.165) is 44.1 Å². The first-order chi connectivity index (χ1) is 11.0. The van der Waals surface area contributed by atoms with Crippen molar-refractivity contribution in [3.63, 3.8) is 0 Å². The molecule has 2 heterocycles. The average molecular weight is 318 g/mol. The summed E-state index contributed by atoms with van der Waals surface area (Å²) < 4.78 is 1.98. The standard InChI is InChI=1S/C16H26N6O/c1-13-18-14(2)22(19-13)11-15-6-4-9-21(10-15)12-16(23)20(3)8-5-7-17/h15H,4-6,8-12H2,1-3H3/t15-/m1/s1. The Morgan fingerprint density at radius 1 is 1.48 bits per heavy atom. The monoisotopic (exact) mass is 318 g/mol. The van der Waals surface area contributed by atoms with Gasteiger partial charge in [0.25, 0.3) is 0 Å². The van der Waals surface area contributed by atoms with Crippen molar-refractivity contribution in [2.24, 2.45) is 5.92 Å². The third-order valence-corrected chi connectivity index (χ3v) is 4.34. The highest BCUT2D eigenvalue weighted by Crippen LogP contribution is 2.18. The molecule has 1 aliphatic heterocycles. The molecule has 1 aliphatic rings. The highest BCUT2D eigenvalue weighted by atomic mass is 16.2. The number of amides is 1. The lowest BCUT2D eigenvalue weighted by molar-refractivity contribution is -0.131. The van der Waals surface area contributed by atoms with Crippen molar-refractivity contribution in [2.75, 3.05) is 33.2 Å². The van der Waals surface area contributed by atoms with E-state index in [0.29, 0.717) is 25.4 Å². The van der Waals surface area contributed by atoms with Gasteiger partial charge in [-0.2, -0.15) is 10.4 Å². The Morgan fingerprint density at radius 3 is 2.91 bits per heavy atom. The van der Waals surface area contributed by atoms with Crippen LogP contribution in [0.1, 0.15) is 30.9 Å². The fourth-order valence-electron chi connectivity index (χ4n) is 3.08. The number of likely N-dealkylation sites (tertiary alicyclic amines) is 1. The topological polar surface area (TPSA) is 78.0 Å². The van der Waals surface area contributed by atoms with Crippen molar-refractivity contribution in [1.29, 1.82) is 5.26 Å². The summed E-state index contributed by atoms with van der Waals surface area (Å²) in [6, 6.07) is 2.08. The maximum absolute atomic E-state index is 12.2. The molecular formula is C16H26N6O. The predicted molar refractivity (Wildman–Crippen MR) is 86.5 cm³/mol. The van der Waals surface area contributed by atoms with E-state index in [1.54, 1.807) is 11.9 Å². The first-order valence-electron chi connectivity index (χ1n) is 8.21. The summed E-state index contributed by atoms with van der Waals surface area (Å²) >= 11 is 0. The van der Waals surface area contributed by atoms with E-state index in [4.69, 9.17) is 5.26 Å². The van der Waals surface area contributed by atoms with Gasteiger partial charge < -0.3 is 4.90 Å². The zero-order chi connectivity index (χ0) is 16.8. The maximum Gasteiger partial charge on any atom is 0.236 e. The molecule has 7 heteroatoms. The van der Waals surface area contributed by atoms with Crippen LogP contribution in [0.4, 0.5) is 0 Å². The van der Waals surface area contributed by atoms with Crippen LogP contribution in [-0.4, -0.2) is 63.7 Å². The van der Waals surface area contributed by atoms with Crippen LogP contribution in [0.5, 0.6) is 0 Å². The lowest BCUT2D eigenvalue weighted by Crippen LogP contribution is -2.44. The van der Waals surface area contributed by atoms with Gasteiger partial charge in [-0.25, -0.2) is 9.67 Å². The first-order valence-corrected chi connectivity index (χ1v) is 8.21. The van der Waals surface area contributed by atoms with Crippen LogP contribution in [0.15, 0.2) is 0 Å². The van der Waals surface area contributed by atoms with Gasteiger partial charge >= 0.3 is 0 Å². The Kier molecular flexibility index (Phi) is 6.11. The normalized spacial score (nSPS) is 18.6. The molecule has 1 aromatic rings. The SMILES string of the molecule is Cc1nc(C)n(C[C@@H]2CCCN(CC(=O)N(C)CCC#N)C2)n1. The average Bonchev–Trinajstić information content (AvgIpc) is 2.82. The summed E-state index contributed by atoms with van der Waals surface area (Å²) in [6.45, 7) is 7.57. The van der Waals surface area contributed by atoms with Crippen molar-refractivity contribution in [2.45, 2.75) is 39.7 Å². The molecule has 1 fully saturated rings. The smallest absolute Gasteiger partial charge is 0.236 e. The molecule has 2 rings (SSSR count). The van der Waals surface area contributed by atoms with Gasteiger partial charge in [0.05, 0.1) is 19.0 Å². The first kappa shape index (κ1) is 17.4. The quantitative estimate of drug-likeness (QED) is 0.781. The highest BCUT2D eigenvalue weighted by molar-refractivity contribution is 5.78. The van der Waals surface area contributed by atoms with Crippen LogP contribution in [0.2, 0.25) is 0 Å². The van der Waals surface area contributed by atoms with E-state index in [-0.39, 0.29) is 5.91 Å². The largest absolute Gasteiger partial charge is 0.344 e. The van der Waals surface area contributed by atoms with Gasteiger partial charge in [-0.1, -0.05) is 0 Å². The van der Waals surface area contributed by atoms with E-state index < -0.39 is 0 Å². The van der Waals surface area contributed by atoms with Gasteiger partial charge in [-0.3, -0.25) is 9.69 Å². The van der Waals surface area contributed by atoms with Gasteiger partial charge in [0, 0.05) is 26.7 Å². The predicted octanol–water partition coefficient (Wildman–Crippen LogP) is 0.979. The number of carbonyl (C=O) groups excluding carboxylic acids is 1. The minimum Gasteiger partial charge on any atom is -0.344 e. The number of aromatic nitrogens is 3. The molecule has 1 amide bonds. The summed E-state index contributed by atoms with van der Waals surface area (Å²) in [5.41, 5.74) is 0. The van der Waals surface area contributed by atoms with Gasteiger partial charge in [0.1, 0.15) is 11.6 Å². The Morgan fingerprint density at radius 2 is 2.26 bits per heavy atom. The zero-order valence-electron chi connectivity index (χ0n) is 14.3. The molecule has 1 aromatic heterocycles. The summed E-state index contributed by atoms with van der Waals surface area (Å²) in [7, 11) is 1.77. The van der Waals surface area contributed by atoms with Crippen molar-refractivity contribution in [3.05, 3.63) is 11.6 Å². The molecule has 23 heavy (non-hydrogen) atoms. The Hall–Kier alpha value is -1.94. The highest BCUT2D eigenvalue weighted by Gasteiger charge is 2.23. The number of nitriles is 1. The fraction of sp³-hybridized carbons (Fsp3) is 0.750. The van der Waals surface area contributed by atoms with Crippen LogP contribution >= 0.6 is 0 Å². The molecule has 0 spiro atoms. The number of rotatable bonds is 6. The van der Waals surface area contributed by atoms with Crippen LogP contribution in [-0.2, 0) is 11.3 Å². The lowest BCUT2D eigenvalue weighted by atomic mass is 9.98. The van der Waals surface area contributed by atoms with Crippen molar-refractivity contribution in [3.8, 4) is 6.07 Å². The number of piperidine rings is 1. The minimum atomic E-state index is 0.0914. The van der Waals surface area contributed by atoms with E-state index in [9.17, 15) is 4.79 Å².